The third-order valence-corrected chi connectivity index (χ3v) is 1.95. The molecule has 0 aliphatic carbocycles. The molecule has 0 aliphatic heterocycles. The quantitative estimate of drug-likeness (QED) is 0.672. The van der Waals surface area contributed by atoms with E-state index in [1.54, 1.807) is 0 Å². The SMILES string of the molecule is CS(=O)(=O)[C](F)c1cnccn1. The Bertz CT molecular complexity index is 351. The van der Waals surface area contributed by atoms with E-state index in [4.69, 9.17) is 0 Å². The molecule has 1 heterocycles. The third kappa shape index (κ3) is 1.97. The van der Waals surface area contributed by atoms with E-state index in [0.717, 1.165) is 12.5 Å². The highest BCUT2D eigenvalue weighted by atomic mass is 32.2. The summed E-state index contributed by atoms with van der Waals surface area (Å²) in [7, 11) is -3.81. The number of nitrogens with zero attached hydrogens (tertiary/aromatic N) is 2. The summed E-state index contributed by atoms with van der Waals surface area (Å²) < 4.78 is 34.2. The van der Waals surface area contributed by atoms with Crippen molar-refractivity contribution in [3.63, 3.8) is 0 Å². The molecule has 65 valence electrons. The maximum Gasteiger partial charge on any atom is 0.306 e. The molecule has 0 amide bonds. The molecule has 1 aromatic heterocycles. The van der Waals surface area contributed by atoms with Crippen LogP contribution < -0.4 is 0 Å². The first-order chi connectivity index (χ1) is 5.52. The summed E-state index contributed by atoms with van der Waals surface area (Å²) in [6.45, 7) is 0. The van der Waals surface area contributed by atoms with Crippen molar-refractivity contribution in [2.45, 2.75) is 0 Å². The molecule has 0 bridgehead atoms. The van der Waals surface area contributed by atoms with Gasteiger partial charge in [0.2, 0.25) is 0 Å². The van der Waals surface area contributed by atoms with Crippen molar-refractivity contribution in [3.05, 3.63) is 29.8 Å². The molecule has 0 saturated heterocycles. The van der Waals surface area contributed by atoms with E-state index in [0.29, 0.717) is 0 Å². The van der Waals surface area contributed by atoms with Gasteiger partial charge in [0.05, 0.1) is 6.20 Å². The molecule has 0 spiro atoms. The van der Waals surface area contributed by atoms with Gasteiger partial charge in [-0.1, -0.05) is 0 Å². The van der Waals surface area contributed by atoms with E-state index in [1.807, 2.05) is 0 Å². The normalized spacial score (nSPS) is 11.9. The van der Waals surface area contributed by atoms with Gasteiger partial charge in [0.15, 0.2) is 9.84 Å². The Balaban J connectivity index is 3.02. The number of hydrogen-bond donors (Lipinski definition) is 0. The monoisotopic (exact) mass is 189 g/mol. The Kier molecular flexibility index (Phi) is 2.37. The van der Waals surface area contributed by atoms with Crippen LogP contribution in [0.5, 0.6) is 0 Å². The average Bonchev–Trinajstić information content (AvgIpc) is 2.03. The van der Waals surface area contributed by atoms with Crippen LogP contribution in [0.25, 0.3) is 0 Å². The zero-order chi connectivity index (χ0) is 9.19. The molecule has 6 heteroatoms. The van der Waals surface area contributed by atoms with Crippen molar-refractivity contribution in [3.8, 4) is 0 Å². The molecule has 0 fully saturated rings. The fraction of sp³-hybridized carbons (Fsp3) is 0.167. The van der Waals surface area contributed by atoms with E-state index in [-0.39, 0.29) is 5.69 Å². The first-order valence-corrected chi connectivity index (χ1v) is 4.90. The van der Waals surface area contributed by atoms with Crippen LogP contribution in [0.3, 0.4) is 0 Å². The van der Waals surface area contributed by atoms with E-state index < -0.39 is 15.3 Å². The number of sulfone groups is 1. The van der Waals surface area contributed by atoms with Crippen LogP contribution in [0.4, 0.5) is 4.39 Å². The first-order valence-electron chi connectivity index (χ1n) is 3.00. The Morgan fingerprint density at radius 2 is 2.17 bits per heavy atom. The minimum atomic E-state index is -3.81. The largest absolute Gasteiger partial charge is 0.306 e. The molecule has 1 radical (unpaired) electrons. The molecule has 0 N–H and O–H groups in total. The molecule has 12 heavy (non-hydrogen) atoms. The third-order valence-electron chi connectivity index (χ3n) is 1.09. The highest BCUT2D eigenvalue weighted by Gasteiger charge is 2.25. The van der Waals surface area contributed by atoms with E-state index in [2.05, 4.69) is 9.97 Å². The van der Waals surface area contributed by atoms with E-state index >= 15 is 0 Å². The lowest BCUT2D eigenvalue weighted by atomic mass is 10.5. The minimum absolute atomic E-state index is 0.264. The second-order valence-corrected chi connectivity index (χ2v) is 4.04. The Labute approximate surface area is 69.4 Å². The lowest BCUT2D eigenvalue weighted by Crippen LogP contribution is -2.08. The van der Waals surface area contributed by atoms with E-state index in [9.17, 15) is 12.8 Å². The molecule has 0 atom stereocenters. The summed E-state index contributed by atoms with van der Waals surface area (Å²) in [6.07, 6.45) is 4.38. The minimum Gasteiger partial charge on any atom is -0.261 e. The topological polar surface area (TPSA) is 59.9 Å². The molecular formula is C6H6FN2O2S. The number of halogens is 1. The molecule has 1 rings (SSSR count). The van der Waals surface area contributed by atoms with Crippen LogP contribution in [0.15, 0.2) is 18.6 Å². The van der Waals surface area contributed by atoms with Crippen LogP contribution in [0, 0.1) is 5.50 Å². The summed E-state index contributed by atoms with van der Waals surface area (Å²) in [5.74, 6) is 0. The summed E-state index contributed by atoms with van der Waals surface area (Å²) in [4.78, 5) is 7.02. The Hall–Kier alpha value is -1.04. The van der Waals surface area contributed by atoms with Gasteiger partial charge in [-0.25, -0.2) is 12.8 Å². The predicted octanol–water partition coefficient (Wildman–Crippen LogP) is 0.328. The summed E-state index contributed by atoms with van der Waals surface area (Å²) >= 11 is 0. The van der Waals surface area contributed by atoms with Crippen LogP contribution in [0.1, 0.15) is 5.69 Å². The molecule has 0 unspecified atom stereocenters. The van der Waals surface area contributed by atoms with Gasteiger partial charge in [-0.2, -0.15) is 0 Å². The summed E-state index contributed by atoms with van der Waals surface area (Å²) in [6, 6.07) is 0. The second kappa shape index (κ2) is 3.14. The van der Waals surface area contributed by atoms with Crippen molar-refractivity contribution >= 4 is 9.84 Å². The molecule has 0 aliphatic rings. The first kappa shape index (κ1) is 9.05. The van der Waals surface area contributed by atoms with Crippen molar-refractivity contribution in [2.24, 2.45) is 0 Å². The van der Waals surface area contributed by atoms with Gasteiger partial charge in [0.1, 0.15) is 5.69 Å². The summed E-state index contributed by atoms with van der Waals surface area (Å²) in [5, 5.41) is 0. The number of aromatic nitrogens is 2. The van der Waals surface area contributed by atoms with Gasteiger partial charge in [-0.15, -0.1) is 0 Å². The van der Waals surface area contributed by atoms with Crippen molar-refractivity contribution in [2.75, 3.05) is 6.26 Å². The number of hydrogen-bond acceptors (Lipinski definition) is 4. The molecular weight excluding hydrogens is 183 g/mol. The standard InChI is InChI=1S/C6H6FN2O2S/c1-12(10,11)6(7)5-4-8-2-3-9-5/h2-4H,1H3. The van der Waals surface area contributed by atoms with Crippen LogP contribution in [-0.4, -0.2) is 24.6 Å². The fourth-order valence-corrected chi connectivity index (χ4v) is 1.08. The summed E-state index contributed by atoms with van der Waals surface area (Å²) in [5.41, 5.74) is -1.52. The van der Waals surface area contributed by atoms with Gasteiger partial charge in [-0.05, 0) is 0 Å². The van der Waals surface area contributed by atoms with Gasteiger partial charge in [0, 0.05) is 18.6 Å². The lowest BCUT2D eigenvalue weighted by molar-refractivity contribution is 0.543. The van der Waals surface area contributed by atoms with Gasteiger partial charge >= 0.3 is 5.50 Å². The molecule has 0 saturated carbocycles. The fourth-order valence-electron chi connectivity index (χ4n) is 0.591. The highest BCUT2D eigenvalue weighted by Crippen LogP contribution is 2.17. The Morgan fingerprint density at radius 1 is 1.50 bits per heavy atom. The van der Waals surface area contributed by atoms with Gasteiger partial charge in [0.25, 0.3) is 0 Å². The van der Waals surface area contributed by atoms with Gasteiger partial charge in [-0.3, -0.25) is 9.97 Å². The van der Waals surface area contributed by atoms with Gasteiger partial charge < -0.3 is 0 Å². The smallest absolute Gasteiger partial charge is 0.261 e. The van der Waals surface area contributed by atoms with Crippen molar-refractivity contribution < 1.29 is 12.8 Å². The average molecular weight is 189 g/mol. The number of rotatable bonds is 2. The zero-order valence-corrected chi connectivity index (χ0v) is 7.05. The molecule has 0 aromatic carbocycles. The van der Waals surface area contributed by atoms with Crippen LogP contribution in [-0.2, 0) is 9.84 Å². The van der Waals surface area contributed by atoms with E-state index in [1.165, 1.54) is 12.4 Å². The van der Waals surface area contributed by atoms with Crippen molar-refractivity contribution in [1.29, 1.82) is 0 Å². The van der Waals surface area contributed by atoms with Crippen LogP contribution >= 0.6 is 0 Å². The van der Waals surface area contributed by atoms with Crippen LogP contribution in [0.2, 0.25) is 0 Å². The lowest BCUT2D eigenvalue weighted by Gasteiger charge is -2.00. The maximum atomic E-state index is 12.9. The molecule has 1 aromatic rings. The zero-order valence-electron chi connectivity index (χ0n) is 6.23. The predicted molar refractivity (Wildman–Crippen MR) is 40.3 cm³/mol. The highest BCUT2D eigenvalue weighted by molar-refractivity contribution is 7.93. The second-order valence-electron chi connectivity index (χ2n) is 2.14. The maximum absolute atomic E-state index is 12.9. The van der Waals surface area contributed by atoms with Crippen molar-refractivity contribution in [1.82, 2.24) is 9.97 Å². The molecule has 4 nitrogen and oxygen atoms in total. The Morgan fingerprint density at radius 3 is 2.58 bits per heavy atom.